The maximum atomic E-state index is 13.2. The van der Waals surface area contributed by atoms with Gasteiger partial charge in [0.15, 0.2) is 11.6 Å². The molecule has 3 N–H and O–H groups in total. The zero-order valence-electron chi connectivity index (χ0n) is 21.5. The minimum Gasteiger partial charge on any atom is -0.402 e. The smallest absolute Gasteiger partial charge is 0.402 e. The number of ether oxygens (including phenoxy) is 2. The third-order valence-corrected chi connectivity index (χ3v) is 7.18. The third-order valence-electron chi connectivity index (χ3n) is 7.18. The number of alkyl halides is 3. The number of carbonyl (C=O) groups excluding carboxylic acids is 1. The fourth-order valence-electron chi connectivity index (χ4n) is 5.31. The largest absolute Gasteiger partial charge is 0.573 e. The van der Waals surface area contributed by atoms with Crippen molar-refractivity contribution in [1.29, 1.82) is 0 Å². The minimum absolute atomic E-state index is 0.218. The predicted molar refractivity (Wildman–Crippen MR) is 130 cm³/mol. The van der Waals surface area contributed by atoms with Crippen LogP contribution in [-0.4, -0.2) is 61.5 Å². The molecule has 3 aromatic heterocycles. The molecule has 0 saturated carbocycles. The number of urea groups is 1. The second-order valence-corrected chi connectivity index (χ2v) is 9.70. The molecular weight excluding hydrogens is 505 g/mol. The van der Waals surface area contributed by atoms with Gasteiger partial charge in [-0.05, 0) is 38.5 Å². The van der Waals surface area contributed by atoms with Crippen molar-refractivity contribution < 1.29 is 27.4 Å². The predicted octanol–water partition coefficient (Wildman–Crippen LogP) is 3.18. The number of halogens is 3. The van der Waals surface area contributed by atoms with Crippen molar-refractivity contribution in [3.05, 3.63) is 41.0 Å². The first-order valence-electron chi connectivity index (χ1n) is 12.2. The van der Waals surface area contributed by atoms with Crippen molar-refractivity contribution >= 4 is 11.8 Å². The van der Waals surface area contributed by atoms with Gasteiger partial charge in [-0.1, -0.05) is 0 Å². The summed E-state index contributed by atoms with van der Waals surface area (Å²) in [6, 6.07) is 2.45. The second kappa shape index (κ2) is 9.19. The first kappa shape index (κ1) is 25.8. The molecule has 2 amide bonds. The normalized spacial score (nSPS) is 20.0. The Morgan fingerprint density at radius 3 is 2.71 bits per heavy atom. The molecule has 14 heteroatoms. The number of amides is 2. The lowest BCUT2D eigenvalue weighted by atomic mass is 9.96. The van der Waals surface area contributed by atoms with Gasteiger partial charge in [-0.25, -0.2) is 9.78 Å². The monoisotopic (exact) mass is 534 g/mol. The summed E-state index contributed by atoms with van der Waals surface area (Å²) in [4.78, 5) is 18.7. The molecule has 1 fully saturated rings. The van der Waals surface area contributed by atoms with Gasteiger partial charge < -0.3 is 25.4 Å². The summed E-state index contributed by atoms with van der Waals surface area (Å²) in [6.45, 7) is 7.46. The van der Waals surface area contributed by atoms with E-state index in [4.69, 9.17) is 10.5 Å². The molecule has 2 atom stereocenters. The average molecular weight is 535 g/mol. The van der Waals surface area contributed by atoms with E-state index in [-0.39, 0.29) is 17.9 Å². The van der Waals surface area contributed by atoms with E-state index in [0.29, 0.717) is 43.9 Å². The van der Waals surface area contributed by atoms with Crippen LogP contribution in [0.15, 0.2) is 18.3 Å². The number of nitrogens with one attached hydrogen (secondary N) is 1. The van der Waals surface area contributed by atoms with E-state index >= 15 is 0 Å². The summed E-state index contributed by atoms with van der Waals surface area (Å²) in [5, 5.41) is 12.1. The van der Waals surface area contributed by atoms with E-state index in [2.05, 4.69) is 25.2 Å². The Balaban J connectivity index is 1.36. The summed E-state index contributed by atoms with van der Waals surface area (Å²) < 4.78 is 52.1. The van der Waals surface area contributed by atoms with Gasteiger partial charge in [0.25, 0.3) is 0 Å². The van der Waals surface area contributed by atoms with Gasteiger partial charge in [-0.2, -0.15) is 10.2 Å². The van der Waals surface area contributed by atoms with Crippen LogP contribution in [0.2, 0.25) is 0 Å². The number of fused-ring (bicyclic) bond motifs is 2. The molecule has 0 aromatic carbocycles. The molecule has 1 spiro atoms. The first-order valence-corrected chi connectivity index (χ1v) is 12.2. The van der Waals surface area contributed by atoms with Crippen LogP contribution in [0.4, 0.5) is 23.8 Å². The van der Waals surface area contributed by atoms with Gasteiger partial charge >= 0.3 is 12.4 Å². The molecule has 204 valence electrons. The Morgan fingerprint density at radius 1 is 1.26 bits per heavy atom. The quantitative estimate of drug-likeness (QED) is 0.527. The molecule has 0 aliphatic carbocycles. The standard InChI is InChI=1S/C24H29F3N8O3/c1-13-14(2)31-33(4)20(13)15(3)30-22(36)34-6-5-23(12-34)19-10-17(32-35(19)7-8-37-23)16-9-18(21(28)29-11-16)38-24(25,26)27/h9-11,15H,5-8,12H2,1-4H3,(H2,28,29)(H,30,36). The lowest BCUT2D eigenvalue weighted by Crippen LogP contribution is -2.45. The maximum Gasteiger partial charge on any atom is 0.573 e. The number of nitrogens with two attached hydrogens (primary N) is 1. The molecule has 5 rings (SSSR count). The van der Waals surface area contributed by atoms with Gasteiger partial charge in [-0.15, -0.1) is 13.2 Å². The summed E-state index contributed by atoms with van der Waals surface area (Å²) in [5.74, 6) is -0.971. The van der Waals surface area contributed by atoms with Gasteiger partial charge in [0.05, 0.1) is 48.5 Å². The van der Waals surface area contributed by atoms with Crippen LogP contribution in [-0.2, 0) is 23.9 Å². The van der Waals surface area contributed by atoms with Crippen LogP contribution in [0.1, 0.15) is 42.0 Å². The zero-order chi connectivity index (χ0) is 27.4. The molecular formula is C24H29F3N8O3. The van der Waals surface area contributed by atoms with Gasteiger partial charge in [0.1, 0.15) is 5.60 Å². The number of aromatic nitrogens is 5. The number of likely N-dealkylation sites (tertiary alicyclic amines) is 1. The van der Waals surface area contributed by atoms with Crippen LogP contribution < -0.4 is 15.8 Å². The number of aryl methyl sites for hydroxylation is 2. The SMILES string of the molecule is Cc1nn(C)c(C(C)NC(=O)N2CCC3(C2)OCCn2nc(-c4cnc(N)c(OC(F)(F)F)c4)cc23)c1C. The van der Waals surface area contributed by atoms with E-state index in [1.165, 1.54) is 6.20 Å². The molecule has 38 heavy (non-hydrogen) atoms. The van der Waals surface area contributed by atoms with Crippen LogP contribution in [0.3, 0.4) is 0 Å². The van der Waals surface area contributed by atoms with Crippen molar-refractivity contribution in [2.24, 2.45) is 7.05 Å². The lowest BCUT2D eigenvalue weighted by molar-refractivity contribution is -0.274. The van der Waals surface area contributed by atoms with Crippen LogP contribution in [0.25, 0.3) is 11.3 Å². The lowest BCUT2D eigenvalue weighted by Gasteiger charge is -2.34. The molecule has 3 aromatic rings. The second-order valence-electron chi connectivity index (χ2n) is 9.70. The number of nitrogens with zero attached hydrogens (tertiary/aromatic N) is 6. The number of carbonyl (C=O) groups is 1. The Hall–Kier alpha value is -3.81. The molecule has 5 heterocycles. The van der Waals surface area contributed by atoms with Crippen molar-refractivity contribution in [3.63, 3.8) is 0 Å². The van der Waals surface area contributed by atoms with Crippen LogP contribution in [0.5, 0.6) is 5.75 Å². The minimum atomic E-state index is -4.90. The van der Waals surface area contributed by atoms with Gasteiger partial charge in [0.2, 0.25) is 0 Å². The topological polar surface area (TPSA) is 125 Å². The van der Waals surface area contributed by atoms with E-state index in [1.807, 2.05) is 27.8 Å². The number of nitrogen functional groups attached to an aromatic ring is 1. The molecule has 0 radical (unpaired) electrons. The maximum absolute atomic E-state index is 13.2. The highest BCUT2D eigenvalue weighted by Crippen LogP contribution is 2.40. The molecule has 2 aliphatic rings. The van der Waals surface area contributed by atoms with Crippen molar-refractivity contribution in [2.75, 3.05) is 25.4 Å². The van der Waals surface area contributed by atoms with Crippen molar-refractivity contribution in [2.45, 2.75) is 51.7 Å². The number of pyridine rings is 1. The van der Waals surface area contributed by atoms with E-state index < -0.39 is 17.7 Å². The average Bonchev–Trinajstić information content (AvgIpc) is 3.52. The molecule has 0 bridgehead atoms. The van der Waals surface area contributed by atoms with Gasteiger partial charge in [-0.3, -0.25) is 9.36 Å². The Labute approximate surface area is 216 Å². The summed E-state index contributed by atoms with van der Waals surface area (Å²) >= 11 is 0. The number of rotatable bonds is 4. The highest BCUT2D eigenvalue weighted by atomic mass is 19.4. The molecule has 1 saturated heterocycles. The molecule has 2 aliphatic heterocycles. The number of hydrogen-bond acceptors (Lipinski definition) is 7. The number of hydrogen-bond donors (Lipinski definition) is 2. The Kier molecular flexibility index (Phi) is 6.24. The molecule has 2 unspecified atom stereocenters. The zero-order valence-corrected chi connectivity index (χ0v) is 21.5. The Bertz CT molecular complexity index is 1380. The summed E-state index contributed by atoms with van der Waals surface area (Å²) in [5.41, 5.74) is 9.14. The van der Waals surface area contributed by atoms with Crippen LogP contribution in [0, 0.1) is 13.8 Å². The van der Waals surface area contributed by atoms with E-state index in [1.54, 1.807) is 20.3 Å². The first-order chi connectivity index (χ1) is 17.9. The summed E-state index contributed by atoms with van der Waals surface area (Å²) in [6.07, 6.45) is -3.01. The highest BCUT2D eigenvalue weighted by Gasteiger charge is 2.47. The van der Waals surface area contributed by atoms with E-state index in [0.717, 1.165) is 28.7 Å². The van der Waals surface area contributed by atoms with Gasteiger partial charge in [0, 0.05) is 31.8 Å². The fraction of sp³-hybridized carbons (Fsp3) is 0.500. The fourth-order valence-corrected chi connectivity index (χ4v) is 5.31. The van der Waals surface area contributed by atoms with Crippen molar-refractivity contribution in [3.8, 4) is 17.0 Å². The molecule has 11 nitrogen and oxygen atoms in total. The van der Waals surface area contributed by atoms with Crippen LogP contribution >= 0.6 is 0 Å². The third kappa shape index (κ3) is 4.64. The van der Waals surface area contributed by atoms with Crippen molar-refractivity contribution in [1.82, 2.24) is 34.8 Å². The number of anilines is 1. The highest BCUT2D eigenvalue weighted by molar-refractivity contribution is 5.75. The van der Waals surface area contributed by atoms with E-state index in [9.17, 15) is 18.0 Å². The summed E-state index contributed by atoms with van der Waals surface area (Å²) in [7, 11) is 1.85. The Morgan fingerprint density at radius 2 is 2.03 bits per heavy atom.